The van der Waals surface area contributed by atoms with Gasteiger partial charge in [-0.15, -0.1) is 0 Å². The van der Waals surface area contributed by atoms with Crippen LogP contribution in [0.15, 0.2) is 6.33 Å². The number of aryl methyl sites for hydroxylation is 1. The van der Waals surface area contributed by atoms with E-state index >= 15 is 0 Å². The Labute approximate surface area is 122 Å². The van der Waals surface area contributed by atoms with Crippen LogP contribution in [0.3, 0.4) is 0 Å². The van der Waals surface area contributed by atoms with E-state index in [0.29, 0.717) is 0 Å². The predicted molar refractivity (Wildman–Crippen MR) is 82.1 cm³/mol. The van der Waals surface area contributed by atoms with Gasteiger partial charge in [-0.3, -0.25) is 0 Å². The quantitative estimate of drug-likeness (QED) is 0.857. The Kier molecular flexibility index (Phi) is 4.85. The zero-order valence-electron chi connectivity index (χ0n) is 12.4. The largest absolute Gasteiger partial charge is 0.368 e. The molecule has 20 heavy (non-hydrogen) atoms. The Morgan fingerprint density at radius 2 is 1.75 bits per heavy atom. The van der Waals surface area contributed by atoms with Gasteiger partial charge in [-0.2, -0.15) is 0 Å². The van der Waals surface area contributed by atoms with Crippen LogP contribution in [-0.2, 0) is 12.8 Å². The number of rotatable bonds is 4. The number of nitrogens with one attached hydrogen (secondary N) is 1. The van der Waals surface area contributed by atoms with Gasteiger partial charge in [-0.1, -0.05) is 12.8 Å². The number of likely N-dealkylation sites (tertiary alicyclic amines) is 1. The van der Waals surface area contributed by atoms with E-state index < -0.39 is 0 Å². The van der Waals surface area contributed by atoms with Crippen LogP contribution < -0.4 is 5.32 Å². The van der Waals surface area contributed by atoms with E-state index in [-0.39, 0.29) is 0 Å². The average molecular weight is 274 g/mol. The first-order chi connectivity index (χ1) is 9.93. The summed E-state index contributed by atoms with van der Waals surface area (Å²) in [4.78, 5) is 11.5. The Morgan fingerprint density at radius 3 is 2.65 bits per heavy atom. The van der Waals surface area contributed by atoms with Gasteiger partial charge in [0.05, 0.1) is 0 Å². The molecular weight excluding hydrogens is 248 g/mol. The van der Waals surface area contributed by atoms with Crippen LogP contribution in [0, 0.1) is 0 Å². The zero-order chi connectivity index (χ0) is 13.6. The molecule has 1 aromatic rings. The first-order valence-corrected chi connectivity index (χ1v) is 8.22. The van der Waals surface area contributed by atoms with Gasteiger partial charge < -0.3 is 10.2 Å². The Hall–Kier alpha value is -1.16. The van der Waals surface area contributed by atoms with Crippen molar-refractivity contribution in [1.82, 2.24) is 14.9 Å². The molecule has 1 aliphatic heterocycles. The molecule has 0 saturated carbocycles. The Balaban J connectivity index is 1.57. The van der Waals surface area contributed by atoms with E-state index in [1.807, 2.05) is 0 Å². The van der Waals surface area contributed by atoms with Crippen molar-refractivity contribution in [3.8, 4) is 0 Å². The van der Waals surface area contributed by atoms with E-state index in [4.69, 9.17) is 0 Å². The van der Waals surface area contributed by atoms with Crippen LogP contribution in [0.4, 0.5) is 5.82 Å². The molecule has 110 valence electrons. The summed E-state index contributed by atoms with van der Waals surface area (Å²) >= 11 is 0. The summed E-state index contributed by atoms with van der Waals surface area (Å²) < 4.78 is 0. The summed E-state index contributed by atoms with van der Waals surface area (Å²) in [6.45, 7) is 4.68. The smallest absolute Gasteiger partial charge is 0.132 e. The minimum absolute atomic E-state index is 1.00. The average Bonchev–Trinajstić information content (AvgIpc) is 2.74. The minimum Gasteiger partial charge on any atom is -0.368 e. The Morgan fingerprint density at radius 1 is 0.950 bits per heavy atom. The summed E-state index contributed by atoms with van der Waals surface area (Å²) in [6.07, 6.45) is 12.0. The van der Waals surface area contributed by atoms with Crippen molar-refractivity contribution in [3.63, 3.8) is 0 Å². The second-order valence-corrected chi connectivity index (χ2v) is 6.04. The van der Waals surface area contributed by atoms with Gasteiger partial charge in [0.15, 0.2) is 0 Å². The molecule has 0 bridgehead atoms. The highest BCUT2D eigenvalue weighted by atomic mass is 15.1. The lowest BCUT2D eigenvalue weighted by Gasteiger charge is -2.26. The molecule has 0 atom stereocenters. The van der Waals surface area contributed by atoms with E-state index in [0.717, 1.165) is 31.7 Å². The third-order valence-electron chi connectivity index (χ3n) is 4.54. The minimum atomic E-state index is 1.00. The van der Waals surface area contributed by atoms with E-state index in [1.165, 1.54) is 62.9 Å². The number of aromatic nitrogens is 2. The predicted octanol–water partition coefficient (Wildman–Crippen LogP) is 2.64. The normalized spacial score (nSPS) is 20.2. The number of anilines is 1. The maximum Gasteiger partial charge on any atom is 0.132 e. The number of hydrogen-bond donors (Lipinski definition) is 1. The molecule has 2 heterocycles. The van der Waals surface area contributed by atoms with Crippen LogP contribution in [0.25, 0.3) is 0 Å². The molecule has 0 unspecified atom stereocenters. The second-order valence-electron chi connectivity index (χ2n) is 6.04. The van der Waals surface area contributed by atoms with Crippen LogP contribution in [-0.4, -0.2) is 41.0 Å². The molecule has 1 fully saturated rings. The van der Waals surface area contributed by atoms with Crippen molar-refractivity contribution in [2.45, 2.75) is 51.4 Å². The van der Waals surface area contributed by atoms with Gasteiger partial charge in [0.1, 0.15) is 12.1 Å². The maximum absolute atomic E-state index is 4.48. The highest BCUT2D eigenvalue weighted by molar-refractivity contribution is 5.46. The molecular formula is C16H26N4. The molecule has 1 N–H and O–H groups in total. The van der Waals surface area contributed by atoms with Crippen molar-refractivity contribution in [2.24, 2.45) is 0 Å². The van der Waals surface area contributed by atoms with E-state index in [9.17, 15) is 0 Å². The summed E-state index contributed by atoms with van der Waals surface area (Å²) in [6, 6.07) is 0. The highest BCUT2D eigenvalue weighted by Crippen LogP contribution is 2.23. The summed E-state index contributed by atoms with van der Waals surface area (Å²) in [5, 5.41) is 3.56. The fraction of sp³-hybridized carbons (Fsp3) is 0.750. The first-order valence-electron chi connectivity index (χ1n) is 8.22. The SMILES string of the molecule is c1nc2c(c(NCCN3CCCCC3)n1)CCCCC2. The summed E-state index contributed by atoms with van der Waals surface area (Å²) in [7, 11) is 0. The zero-order valence-corrected chi connectivity index (χ0v) is 12.4. The molecule has 0 amide bonds. The second kappa shape index (κ2) is 7.02. The van der Waals surface area contributed by atoms with Gasteiger partial charge in [0, 0.05) is 24.3 Å². The lowest BCUT2D eigenvalue weighted by Crippen LogP contribution is -2.34. The number of nitrogens with zero attached hydrogens (tertiary/aromatic N) is 3. The van der Waals surface area contributed by atoms with Crippen molar-refractivity contribution in [1.29, 1.82) is 0 Å². The van der Waals surface area contributed by atoms with E-state index in [1.54, 1.807) is 6.33 Å². The van der Waals surface area contributed by atoms with Crippen LogP contribution in [0.2, 0.25) is 0 Å². The maximum atomic E-state index is 4.48. The van der Waals surface area contributed by atoms with Crippen LogP contribution in [0.1, 0.15) is 49.8 Å². The Bertz CT molecular complexity index is 426. The van der Waals surface area contributed by atoms with Gasteiger partial charge in [-0.25, -0.2) is 9.97 Å². The lowest BCUT2D eigenvalue weighted by molar-refractivity contribution is 0.237. The molecule has 1 aliphatic carbocycles. The first kappa shape index (κ1) is 13.8. The van der Waals surface area contributed by atoms with Gasteiger partial charge in [0.2, 0.25) is 0 Å². The highest BCUT2D eigenvalue weighted by Gasteiger charge is 2.14. The van der Waals surface area contributed by atoms with Crippen molar-refractivity contribution in [2.75, 3.05) is 31.5 Å². The summed E-state index contributed by atoms with van der Waals surface area (Å²) in [5.74, 6) is 1.09. The van der Waals surface area contributed by atoms with Crippen molar-refractivity contribution >= 4 is 5.82 Å². The van der Waals surface area contributed by atoms with Gasteiger partial charge >= 0.3 is 0 Å². The lowest BCUT2D eigenvalue weighted by atomic mass is 10.1. The standard InChI is InChI=1S/C16H26N4/c1-3-7-14-15(8-4-1)18-13-19-16(14)17-9-12-20-10-5-2-6-11-20/h13H,1-12H2,(H,17,18,19). The van der Waals surface area contributed by atoms with Crippen LogP contribution >= 0.6 is 0 Å². The third-order valence-corrected chi connectivity index (χ3v) is 4.54. The molecule has 4 heteroatoms. The topological polar surface area (TPSA) is 41.1 Å². The third kappa shape index (κ3) is 3.48. The van der Waals surface area contributed by atoms with Crippen molar-refractivity contribution < 1.29 is 0 Å². The van der Waals surface area contributed by atoms with Gasteiger partial charge in [0.25, 0.3) is 0 Å². The summed E-state index contributed by atoms with van der Waals surface area (Å²) in [5.41, 5.74) is 2.65. The molecule has 0 aromatic carbocycles. The molecule has 1 saturated heterocycles. The number of hydrogen-bond acceptors (Lipinski definition) is 4. The number of fused-ring (bicyclic) bond motifs is 1. The fourth-order valence-corrected chi connectivity index (χ4v) is 3.37. The molecule has 0 radical (unpaired) electrons. The number of piperidine rings is 1. The van der Waals surface area contributed by atoms with Crippen LogP contribution in [0.5, 0.6) is 0 Å². The molecule has 1 aromatic heterocycles. The molecule has 3 rings (SSSR count). The van der Waals surface area contributed by atoms with E-state index in [2.05, 4.69) is 20.2 Å². The van der Waals surface area contributed by atoms with Gasteiger partial charge in [-0.05, 0) is 51.6 Å². The molecule has 4 nitrogen and oxygen atoms in total. The monoisotopic (exact) mass is 274 g/mol. The molecule has 2 aliphatic rings. The fourth-order valence-electron chi connectivity index (χ4n) is 3.37. The molecule has 0 spiro atoms. The van der Waals surface area contributed by atoms with Crippen molar-refractivity contribution in [3.05, 3.63) is 17.6 Å².